The minimum atomic E-state index is -4.45. The van der Waals surface area contributed by atoms with E-state index in [-0.39, 0.29) is 11.5 Å². The number of alkyl halides is 3. The summed E-state index contributed by atoms with van der Waals surface area (Å²) in [5, 5.41) is 15.8. The molecule has 2 heterocycles. The van der Waals surface area contributed by atoms with Crippen molar-refractivity contribution in [2.75, 3.05) is 18.4 Å². The summed E-state index contributed by atoms with van der Waals surface area (Å²) < 4.78 is 40.7. The summed E-state index contributed by atoms with van der Waals surface area (Å²) in [6, 6.07) is 15.9. The Kier molecular flexibility index (Phi) is 5.45. The molecule has 0 saturated heterocycles. The van der Waals surface area contributed by atoms with Gasteiger partial charge >= 0.3 is 6.18 Å². The molecule has 0 radical (unpaired) electrons. The lowest BCUT2D eigenvalue weighted by atomic mass is 10.00. The molecule has 4 rings (SSSR count). The summed E-state index contributed by atoms with van der Waals surface area (Å²) in [4.78, 5) is 15.7. The van der Waals surface area contributed by atoms with Crippen LogP contribution in [0, 0.1) is 11.3 Å². The monoisotopic (exact) mass is 437 g/mol. The maximum atomic E-state index is 13.0. The molecule has 0 aliphatic rings. The lowest BCUT2D eigenvalue weighted by Gasteiger charge is -2.15. The van der Waals surface area contributed by atoms with E-state index in [0.29, 0.717) is 41.2 Å². The number of nitrogens with one attached hydrogen (secondary N) is 2. The zero-order valence-corrected chi connectivity index (χ0v) is 17.0. The van der Waals surface area contributed by atoms with E-state index in [1.54, 1.807) is 10.5 Å². The first-order valence-electron chi connectivity index (χ1n) is 9.80. The van der Waals surface area contributed by atoms with Crippen molar-refractivity contribution in [1.29, 1.82) is 5.26 Å². The van der Waals surface area contributed by atoms with Gasteiger partial charge in [0.25, 0.3) is 0 Å². The van der Waals surface area contributed by atoms with Gasteiger partial charge in [0, 0.05) is 25.6 Å². The molecule has 6 nitrogen and oxygen atoms in total. The van der Waals surface area contributed by atoms with Crippen molar-refractivity contribution in [2.24, 2.45) is 0 Å². The van der Waals surface area contributed by atoms with Crippen molar-refractivity contribution in [2.45, 2.75) is 13.1 Å². The number of amides is 1. The van der Waals surface area contributed by atoms with Crippen LogP contribution >= 0.6 is 0 Å². The third kappa shape index (κ3) is 3.95. The Balaban J connectivity index is 1.88. The molecule has 0 spiro atoms. The van der Waals surface area contributed by atoms with Gasteiger partial charge in [-0.15, -0.1) is 0 Å². The van der Waals surface area contributed by atoms with Crippen LogP contribution in [0.1, 0.15) is 18.1 Å². The van der Waals surface area contributed by atoms with E-state index in [9.17, 15) is 23.2 Å². The van der Waals surface area contributed by atoms with Crippen LogP contribution < -0.4 is 10.6 Å². The number of carbonyl (C=O) groups is 1. The van der Waals surface area contributed by atoms with E-state index in [4.69, 9.17) is 0 Å². The van der Waals surface area contributed by atoms with Crippen LogP contribution in [0.2, 0.25) is 0 Å². The Morgan fingerprint density at radius 1 is 1.12 bits per heavy atom. The smallest absolute Gasteiger partial charge is 0.369 e. The number of halogens is 3. The van der Waals surface area contributed by atoms with Gasteiger partial charge in [0.2, 0.25) is 5.91 Å². The summed E-state index contributed by atoms with van der Waals surface area (Å²) in [5.41, 5.74) is 2.28. The first-order valence-corrected chi connectivity index (χ1v) is 9.80. The molecule has 0 saturated carbocycles. The number of anilines is 1. The van der Waals surface area contributed by atoms with E-state index in [2.05, 4.69) is 21.7 Å². The highest BCUT2D eigenvalue weighted by Crippen LogP contribution is 2.35. The first kappa shape index (κ1) is 21.2. The Morgan fingerprint density at radius 3 is 2.50 bits per heavy atom. The van der Waals surface area contributed by atoms with Gasteiger partial charge in [0.15, 0.2) is 5.65 Å². The number of imidazole rings is 1. The number of fused-ring (bicyclic) bond motifs is 3. The number of para-hydroxylation sites is 2. The molecule has 2 aromatic heterocycles. The third-order valence-electron chi connectivity index (χ3n) is 5.02. The molecule has 32 heavy (non-hydrogen) atoms. The number of hydrogen-bond donors (Lipinski definition) is 2. The SMILES string of the molecule is CC(=O)NCCNc1cc(-c2ccc(C(F)(F)F)cc2)c(C#N)c2nc3ccccc3n12. The van der Waals surface area contributed by atoms with Crippen molar-refractivity contribution in [3.8, 4) is 17.2 Å². The second-order valence-corrected chi connectivity index (χ2v) is 7.17. The zero-order chi connectivity index (χ0) is 22.9. The van der Waals surface area contributed by atoms with Crippen molar-refractivity contribution in [3.05, 3.63) is 65.7 Å². The van der Waals surface area contributed by atoms with Crippen LogP contribution in [0.25, 0.3) is 27.8 Å². The molecular formula is C23H18F3N5O. The largest absolute Gasteiger partial charge is 0.416 e. The number of rotatable bonds is 5. The normalized spacial score (nSPS) is 11.5. The van der Waals surface area contributed by atoms with Crippen LogP contribution in [0.5, 0.6) is 0 Å². The Labute approximate surface area is 181 Å². The van der Waals surface area contributed by atoms with E-state index in [1.165, 1.54) is 19.1 Å². The molecule has 9 heteroatoms. The number of aromatic nitrogens is 2. The quantitative estimate of drug-likeness (QED) is 0.448. The highest BCUT2D eigenvalue weighted by Gasteiger charge is 2.30. The molecule has 2 N–H and O–H groups in total. The van der Waals surface area contributed by atoms with Gasteiger partial charge in [0.1, 0.15) is 17.5 Å². The maximum absolute atomic E-state index is 13.0. The van der Waals surface area contributed by atoms with E-state index < -0.39 is 11.7 Å². The minimum Gasteiger partial charge on any atom is -0.369 e. The minimum absolute atomic E-state index is 0.157. The van der Waals surface area contributed by atoms with E-state index in [1.807, 2.05) is 24.3 Å². The molecular weight excluding hydrogens is 419 g/mol. The molecule has 2 aromatic carbocycles. The van der Waals surface area contributed by atoms with Gasteiger partial charge in [-0.2, -0.15) is 18.4 Å². The van der Waals surface area contributed by atoms with Crippen LogP contribution in [0.4, 0.5) is 19.0 Å². The van der Waals surface area contributed by atoms with Gasteiger partial charge < -0.3 is 10.6 Å². The molecule has 0 aliphatic heterocycles. The third-order valence-corrected chi connectivity index (χ3v) is 5.02. The van der Waals surface area contributed by atoms with Gasteiger partial charge in [-0.25, -0.2) is 4.98 Å². The lowest BCUT2D eigenvalue weighted by Crippen LogP contribution is -2.26. The molecule has 0 unspecified atom stereocenters. The molecule has 0 fully saturated rings. The number of nitrogens with zero attached hydrogens (tertiary/aromatic N) is 3. The number of pyridine rings is 1. The van der Waals surface area contributed by atoms with E-state index >= 15 is 0 Å². The number of carbonyl (C=O) groups excluding carboxylic acids is 1. The van der Waals surface area contributed by atoms with Crippen molar-refractivity contribution in [3.63, 3.8) is 0 Å². The highest BCUT2D eigenvalue weighted by molar-refractivity contribution is 5.89. The van der Waals surface area contributed by atoms with Crippen LogP contribution in [-0.2, 0) is 11.0 Å². The molecule has 1 amide bonds. The second-order valence-electron chi connectivity index (χ2n) is 7.17. The van der Waals surface area contributed by atoms with Gasteiger partial charge in [0.05, 0.1) is 16.6 Å². The molecule has 0 bridgehead atoms. The fourth-order valence-corrected chi connectivity index (χ4v) is 3.57. The van der Waals surface area contributed by atoms with Gasteiger partial charge in [-0.1, -0.05) is 24.3 Å². The lowest BCUT2D eigenvalue weighted by molar-refractivity contribution is -0.137. The average Bonchev–Trinajstić information content (AvgIpc) is 3.15. The fourth-order valence-electron chi connectivity index (χ4n) is 3.57. The maximum Gasteiger partial charge on any atom is 0.416 e. The summed E-state index contributed by atoms with van der Waals surface area (Å²) >= 11 is 0. The fraction of sp³-hybridized carbons (Fsp3) is 0.174. The summed E-state index contributed by atoms with van der Waals surface area (Å²) in [6.07, 6.45) is -4.45. The first-order chi connectivity index (χ1) is 15.3. The van der Waals surface area contributed by atoms with Crippen molar-refractivity contribution >= 4 is 28.4 Å². The summed E-state index contributed by atoms with van der Waals surface area (Å²) in [5.74, 6) is 0.447. The van der Waals surface area contributed by atoms with Crippen LogP contribution in [0.3, 0.4) is 0 Å². The highest BCUT2D eigenvalue weighted by atomic mass is 19.4. The summed E-state index contributed by atoms with van der Waals surface area (Å²) in [7, 11) is 0. The standard InChI is InChI=1S/C23H18F3N5O/c1-14(32)28-10-11-29-21-12-17(15-6-8-16(9-7-15)23(24,25)26)18(13-27)22-30-19-4-2-3-5-20(19)31(21)22/h2-9,12,29H,10-11H2,1H3,(H,28,32). The zero-order valence-electron chi connectivity index (χ0n) is 17.0. The van der Waals surface area contributed by atoms with Gasteiger partial charge in [-0.3, -0.25) is 9.20 Å². The molecule has 0 aliphatic carbocycles. The average molecular weight is 437 g/mol. The predicted molar refractivity (Wildman–Crippen MR) is 115 cm³/mol. The second kappa shape index (κ2) is 8.23. The molecule has 4 aromatic rings. The van der Waals surface area contributed by atoms with Crippen molar-refractivity contribution < 1.29 is 18.0 Å². The van der Waals surface area contributed by atoms with Crippen molar-refractivity contribution in [1.82, 2.24) is 14.7 Å². The van der Waals surface area contributed by atoms with Crippen LogP contribution in [-0.4, -0.2) is 28.4 Å². The molecule has 0 atom stereocenters. The number of hydrogen-bond acceptors (Lipinski definition) is 4. The van der Waals surface area contributed by atoms with E-state index in [0.717, 1.165) is 17.6 Å². The molecule has 162 valence electrons. The Morgan fingerprint density at radius 2 is 1.84 bits per heavy atom. The van der Waals surface area contributed by atoms with Crippen LogP contribution in [0.15, 0.2) is 54.6 Å². The topological polar surface area (TPSA) is 82.2 Å². The number of nitriles is 1. The van der Waals surface area contributed by atoms with Gasteiger partial charge in [-0.05, 0) is 35.9 Å². The Hall–Kier alpha value is -4.06. The number of benzene rings is 2. The Bertz CT molecular complexity index is 1350. The predicted octanol–water partition coefficient (Wildman–Crippen LogP) is 4.59. The summed E-state index contributed by atoms with van der Waals surface area (Å²) in [6.45, 7) is 2.20.